The van der Waals surface area contributed by atoms with Gasteiger partial charge in [0.2, 0.25) is 6.86 Å². The molecule has 0 amide bonds. The fraction of sp³-hybridized carbons (Fsp3) is 0.478. The van der Waals surface area contributed by atoms with Gasteiger partial charge in [0.25, 0.3) is 0 Å². The number of aromatic hydroxyl groups is 1. The molecule has 0 radical (unpaired) electrons. The summed E-state index contributed by atoms with van der Waals surface area (Å²) in [5, 5.41) is 10.6. The van der Waals surface area contributed by atoms with Crippen molar-refractivity contribution < 1.29 is 23.8 Å². The minimum Gasteiger partial charge on any atom is -0.507 e. The van der Waals surface area contributed by atoms with Gasteiger partial charge < -0.3 is 9.84 Å². The summed E-state index contributed by atoms with van der Waals surface area (Å²) in [6, 6.07) is 0. The molecule has 1 saturated carbocycles. The number of ether oxygens (including phenoxy) is 1. The SMILES string of the molecule is CC(/C=C/[C@]1(C)CC(=O)CC[C@H]1C)=C\Cc1c(O)c(C=O)c(C)c(Cl)c1OCF. The molecule has 1 fully saturated rings. The van der Waals surface area contributed by atoms with Crippen molar-refractivity contribution in [2.45, 2.75) is 53.4 Å². The molecule has 0 heterocycles. The average Bonchev–Trinajstić information content (AvgIpc) is 2.68. The summed E-state index contributed by atoms with van der Waals surface area (Å²) in [5.41, 5.74) is 1.40. The van der Waals surface area contributed by atoms with Crippen LogP contribution in [0.1, 0.15) is 61.5 Å². The number of alkyl halides is 1. The van der Waals surface area contributed by atoms with Crippen LogP contribution in [0.2, 0.25) is 5.02 Å². The van der Waals surface area contributed by atoms with Gasteiger partial charge in [0.1, 0.15) is 17.3 Å². The number of rotatable bonds is 7. The molecule has 1 aliphatic carbocycles. The molecule has 1 N–H and O–H groups in total. The summed E-state index contributed by atoms with van der Waals surface area (Å²) in [4.78, 5) is 23.2. The van der Waals surface area contributed by atoms with E-state index in [2.05, 4.69) is 19.9 Å². The zero-order valence-corrected chi connectivity index (χ0v) is 18.1. The van der Waals surface area contributed by atoms with Gasteiger partial charge in [-0.3, -0.25) is 9.59 Å². The largest absolute Gasteiger partial charge is 0.507 e. The van der Waals surface area contributed by atoms with Gasteiger partial charge in [0.05, 0.1) is 10.6 Å². The molecule has 0 bridgehead atoms. The molecule has 6 heteroatoms. The number of phenols is 1. The predicted molar refractivity (Wildman–Crippen MR) is 113 cm³/mol. The number of hydrogen-bond acceptors (Lipinski definition) is 4. The van der Waals surface area contributed by atoms with Crippen molar-refractivity contribution in [1.82, 2.24) is 0 Å². The van der Waals surface area contributed by atoms with E-state index in [0.29, 0.717) is 30.6 Å². The zero-order valence-electron chi connectivity index (χ0n) is 17.4. The van der Waals surface area contributed by atoms with Crippen molar-refractivity contribution in [3.05, 3.63) is 45.5 Å². The molecule has 1 aromatic rings. The van der Waals surface area contributed by atoms with Gasteiger partial charge in [0.15, 0.2) is 6.29 Å². The first kappa shape index (κ1) is 23.1. The Labute approximate surface area is 176 Å². The number of aldehydes is 1. The first-order valence-electron chi connectivity index (χ1n) is 9.70. The van der Waals surface area contributed by atoms with Crippen LogP contribution in [0.25, 0.3) is 0 Å². The lowest BCUT2D eigenvalue weighted by Crippen LogP contribution is -2.31. The molecule has 1 aromatic carbocycles. The quantitative estimate of drug-likeness (QED) is 0.438. The van der Waals surface area contributed by atoms with Crippen molar-refractivity contribution in [2.75, 3.05) is 6.86 Å². The highest BCUT2D eigenvalue weighted by atomic mass is 35.5. The van der Waals surface area contributed by atoms with Crippen molar-refractivity contribution in [3.8, 4) is 11.5 Å². The van der Waals surface area contributed by atoms with E-state index < -0.39 is 6.86 Å². The molecule has 158 valence electrons. The van der Waals surface area contributed by atoms with Gasteiger partial charge in [-0.1, -0.05) is 49.2 Å². The minimum atomic E-state index is -1.10. The number of ketones is 1. The van der Waals surface area contributed by atoms with E-state index in [9.17, 15) is 19.1 Å². The third-order valence-corrected chi connectivity index (χ3v) is 6.43. The Balaban J connectivity index is 2.31. The lowest BCUT2D eigenvalue weighted by atomic mass is 9.67. The standard InChI is InChI=1S/C23H28ClFO4/c1-14(9-10-23(4)11-17(27)7-6-15(23)2)5-8-18-21(28)19(12-26)16(3)20(24)22(18)29-13-25/h5,9-10,12,15,28H,6-8,11,13H2,1-4H3/b10-9+,14-5+/t15-,23-/m1/s1. The van der Waals surface area contributed by atoms with Gasteiger partial charge >= 0.3 is 0 Å². The molecule has 29 heavy (non-hydrogen) atoms. The third kappa shape index (κ3) is 5.08. The van der Waals surface area contributed by atoms with Gasteiger partial charge in [-0.25, -0.2) is 4.39 Å². The fourth-order valence-electron chi connectivity index (χ4n) is 3.68. The van der Waals surface area contributed by atoms with Crippen molar-refractivity contribution in [1.29, 1.82) is 0 Å². The highest BCUT2D eigenvalue weighted by Crippen LogP contribution is 2.42. The van der Waals surface area contributed by atoms with E-state index in [1.54, 1.807) is 6.92 Å². The maximum absolute atomic E-state index is 12.8. The Morgan fingerprint density at radius 1 is 1.45 bits per heavy atom. The van der Waals surface area contributed by atoms with E-state index in [1.807, 2.05) is 19.1 Å². The Morgan fingerprint density at radius 3 is 2.76 bits per heavy atom. The molecule has 0 aliphatic heterocycles. The average molecular weight is 423 g/mol. The molecule has 4 nitrogen and oxygen atoms in total. The normalized spacial score (nSPS) is 22.9. The molecule has 0 spiro atoms. The Hall–Kier alpha value is -2.14. The molecular weight excluding hydrogens is 395 g/mol. The molecule has 1 aliphatic rings. The van der Waals surface area contributed by atoms with Crippen LogP contribution in [0.4, 0.5) is 4.39 Å². The summed E-state index contributed by atoms with van der Waals surface area (Å²) in [7, 11) is 0. The van der Waals surface area contributed by atoms with Crippen molar-refractivity contribution in [3.63, 3.8) is 0 Å². The van der Waals surface area contributed by atoms with E-state index in [4.69, 9.17) is 16.3 Å². The van der Waals surface area contributed by atoms with Crippen molar-refractivity contribution >= 4 is 23.7 Å². The molecular formula is C23H28ClFO4. The summed E-state index contributed by atoms with van der Waals surface area (Å²) < 4.78 is 17.8. The predicted octanol–water partition coefficient (Wildman–Crippen LogP) is 5.91. The fourth-order valence-corrected chi connectivity index (χ4v) is 3.95. The number of phenolic OH excluding ortho intramolecular Hbond substituents is 1. The van der Waals surface area contributed by atoms with Gasteiger partial charge in [-0.05, 0) is 43.6 Å². The van der Waals surface area contributed by atoms with Crippen LogP contribution in [-0.2, 0) is 11.2 Å². The minimum absolute atomic E-state index is 0.0428. The number of carbonyl (C=O) groups excluding carboxylic acids is 2. The number of carbonyl (C=O) groups is 2. The second-order valence-electron chi connectivity index (χ2n) is 8.03. The Bertz CT molecular complexity index is 859. The monoisotopic (exact) mass is 422 g/mol. The maximum atomic E-state index is 12.8. The first-order valence-corrected chi connectivity index (χ1v) is 10.1. The first-order chi connectivity index (χ1) is 13.6. The number of benzene rings is 1. The van der Waals surface area contributed by atoms with Crippen LogP contribution in [0.15, 0.2) is 23.8 Å². The summed E-state index contributed by atoms with van der Waals surface area (Å²) >= 11 is 6.23. The lowest BCUT2D eigenvalue weighted by molar-refractivity contribution is -0.123. The molecule has 2 atom stereocenters. The number of hydrogen-bond donors (Lipinski definition) is 1. The summed E-state index contributed by atoms with van der Waals surface area (Å²) in [6.07, 6.45) is 8.66. The van der Waals surface area contributed by atoms with Crippen LogP contribution >= 0.6 is 11.6 Å². The van der Waals surface area contributed by atoms with Gasteiger partial charge in [0, 0.05) is 18.4 Å². The topological polar surface area (TPSA) is 63.6 Å². The van der Waals surface area contributed by atoms with E-state index in [0.717, 1.165) is 12.0 Å². The number of Topliss-reactive ketones (excluding diaryl/α,β-unsaturated/α-hetero) is 1. The highest BCUT2D eigenvalue weighted by molar-refractivity contribution is 6.33. The molecule has 2 rings (SSSR count). The van der Waals surface area contributed by atoms with E-state index in [-0.39, 0.29) is 45.3 Å². The maximum Gasteiger partial charge on any atom is 0.228 e. The second-order valence-corrected chi connectivity index (χ2v) is 8.40. The zero-order chi connectivity index (χ0) is 21.8. The van der Waals surface area contributed by atoms with Crippen LogP contribution in [0.3, 0.4) is 0 Å². The van der Waals surface area contributed by atoms with Crippen LogP contribution < -0.4 is 4.74 Å². The Morgan fingerprint density at radius 2 is 2.14 bits per heavy atom. The van der Waals surface area contributed by atoms with Gasteiger partial charge in [-0.2, -0.15) is 0 Å². The van der Waals surface area contributed by atoms with E-state index in [1.165, 1.54) is 0 Å². The van der Waals surface area contributed by atoms with E-state index >= 15 is 0 Å². The van der Waals surface area contributed by atoms with Crippen LogP contribution in [0, 0.1) is 18.3 Å². The van der Waals surface area contributed by atoms with Gasteiger partial charge in [-0.15, -0.1) is 0 Å². The van der Waals surface area contributed by atoms with Crippen LogP contribution in [-0.4, -0.2) is 24.0 Å². The highest BCUT2D eigenvalue weighted by Gasteiger charge is 2.34. The van der Waals surface area contributed by atoms with Crippen LogP contribution in [0.5, 0.6) is 11.5 Å². The molecule has 0 aromatic heterocycles. The smallest absolute Gasteiger partial charge is 0.228 e. The third-order valence-electron chi connectivity index (χ3n) is 5.98. The lowest BCUT2D eigenvalue weighted by Gasteiger charge is -2.36. The van der Waals surface area contributed by atoms with Crippen molar-refractivity contribution in [2.24, 2.45) is 11.3 Å². The molecule has 0 saturated heterocycles. The number of halogens is 2. The summed E-state index contributed by atoms with van der Waals surface area (Å²) in [5.74, 6) is 0.479. The number of allylic oxidation sites excluding steroid dienone is 4. The molecule has 0 unspecified atom stereocenters. The summed E-state index contributed by atoms with van der Waals surface area (Å²) in [6.45, 7) is 6.62. The Kier molecular flexibility index (Phi) is 7.64. The second kappa shape index (κ2) is 9.57.